The molecule has 0 aromatic carbocycles. The van der Waals surface area contributed by atoms with Crippen molar-refractivity contribution in [3.63, 3.8) is 0 Å². The number of nitrogens with two attached hydrogens (primary N) is 1. The van der Waals surface area contributed by atoms with E-state index in [1.165, 1.54) is 6.42 Å². The van der Waals surface area contributed by atoms with E-state index in [1.54, 1.807) is 6.33 Å². The van der Waals surface area contributed by atoms with E-state index in [1.807, 2.05) is 0 Å². The predicted molar refractivity (Wildman–Crippen MR) is 48.3 cm³/mol. The number of aryl methyl sites for hydroxylation is 1. The average Bonchev–Trinajstić information content (AvgIpc) is 2.48. The van der Waals surface area contributed by atoms with Crippen molar-refractivity contribution in [3.8, 4) is 0 Å². The molecule has 2 N–H and O–H groups in total. The van der Waals surface area contributed by atoms with Crippen LogP contribution < -0.4 is 5.73 Å². The molecule has 1 aromatic heterocycles. The van der Waals surface area contributed by atoms with E-state index in [2.05, 4.69) is 9.55 Å². The molecule has 0 aliphatic carbocycles. The fourth-order valence-corrected chi connectivity index (χ4v) is 2.13. The molecule has 0 fully saturated rings. The molecule has 1 aliphatic rings. The average molecular weight is 186 g/mol. The first-order valence-electron chi connectivity index (χ1n) is 4.23. The van der Waals surface area contributed by atoms with Gasteiger partial charge in [-0.3, -0.25) is 0 Å². The Bertz CT molecular complexity index is 282. The number of hydrogen-bond acceptors (Lipinski definition) is 2. The van der Waals surface area contributed by atoms with Gasteiger partial charge in [-0.05, 0) is 12.8 Å². The van der Waals surface area contributed by atoms with Crippen LogP contribution in [0.15, 0.2) is 6.33 Å². The van der Waals surface area contributed by atoms with Crippen molar-refractivity contribution in [2.24, 2.45) is 5.73 Å². The summed E-state index contributed by atoms with van der Waals surface area (Å²) < 4.78 is 2.11. The molecule has 1 unspecified atom stereocenters. The highest BCUT2D eigenvalue weighted by Crippen LogP contribution is 2.30. The number of imidazole rings is 1. The van der Waals surface area contributed by atoms with E-state index < -0.39 is 0 Å². The summed E-state index contributed by atoms with van der Waals surface area (Å²) in [6.45, 7) is 1.71. The monoisotopic (exact) mass is 185 g/mol. The minimum absolute atomic E-state index is 0.411. The maximum absolute atomic E-state index is 5.94. The number of nitrogens with zero attached hydrogens (tertiary/aromatic N) is 2. The van der Waals surface area contributed by atoms with Crippen LogP contribution in [0.2, 0.25) is 5.15 Å². The van der Waals surface area contributed by atoms with Gasteiger partial charge < -0.3 is 10.3 Å². The van der Waals surface area contributed by atoms with Crippen LogP contribution in [-0.4, -0.2) is 16.1 Å². The van der Waals surface area contributed by atoms with Crippen molar-refractivity contribution in [2.45, 2.75) is 25.3 Å². The maximum atomic E-state index is 5.94. The van der Waals surface area contributed by atoms with Gasteiger partial charge in [0.05, 0.1) is 12.0 Å². The van der Waals surface area contributed by atoms with E-state index in [-0.39, 0.29) is 0 Å². The van der Waals surface area contributed by atoms with Gasteiger partial charge in [0.25, 0.3) is 0 Å². The highest BCUT2D eigenvalue weighted by Gasteiger charge is 2.22. The Morgan fingerprint density at radius 3 is 3.33 bits per heavy atom. The quantitative estimate of drug-likeness (QED) is 0.719. The van der Waals surface area contributed by atoms with E-state index in [0.29, 0.717) is 17.6 Å². The molecule has 0 bridgehead atoms. The van der Waals surface area contributed by atoms with Gasteiger partial charge in [0.2, 0.25) is 0 Å². The zero-order valence-corrected chi connectivity index (χ0v) is 7.59. The van der Waals surface area contributed by atoms with E-state index in [9.17, 15) is 0 Å². The number of hydrogen-bond donors (Lipinski definition) is 1. The van der Waals surface area contributed by atoms with Gasteiger partial charge in [0, 0.05) is 19.0 Å². The summed E-state index contributed by atoms with van der Waals surface area (Å²) in [7, 11) is 0. The lowest BCUT2D eigenvalue weighted by atomic mass is 9.97. The van der Waals surface area contributed by atoms with Gasteiger partial charge >= 0.3 is 0 Å². The molecule has 0 saturated heterocycles. The highest BCUT2D eigenvalue weighted by molar-refractivity contribution is 6.30. The summed E-state index contributed by atoms with van der Waals surface area (Å²) in [5.74, 6) is 0.411. The van der Waals surface area contributed by atoms with Gasteiger partial charge in [0.1, 0.15) is 0 Å². The second-order valence-electron chi connectivity index (χ2n) is 3.19. The molecular formula is C8H12ClN3. The van der Waals surface area contributed by atoms with Gasteiger partial charge in [0.15, 0.2) is 5.15 Å². The topological polar surface area (TPSA) is 43.8 Å². The molecule has 1 atom stereocenters. The van der Waals surface area contributed by atoms with Crippen LogP contribution in [0.5, 0.6) is 0 Å². The number of halogens is 1. The third-order valence-electron chi connectivity index (χ3n) is 2.45. The van der Waals surface area contributed by atoms with E-state index >= 15 is 0 Å². The van der Waals surface area contributed by atoms with Crippen LogP contribution in [0, 0.1) is 0 Å². The molecule has 1 aromatic rings. The number of rotatable bonds is 1. The SMILES string of the molecule is NCC1CCCn2cnc(Cl)c21. The molecule has 1 aliphatic heterocycles. The summed E-state index contributed by atoms with van der Waals surface area (Å²) in [6, 6.07) is 0. The van der Waals surface area contributed by atoms with Gasteiger partial charge in [-0.25, -0.2) is 4.98 Å². The second-order valence-corrected chi connectivity index (χ2v) is 3.55. The Labute approximate surface area is 76.5 Å². The first kappa shape index (κ1) is 8.08. The fraction of sp³-hybridized carbons (Fsp3) is 0.625. The minimum Gasteiger partial charge on any atom is -0.333 e. The van der Waals surface area contributed by atoms with Crippen molar-refractivity contribution in [3.05, 3.63) is 17.2 Å². The lowest BCUT2D eigenvalue weighted by molar-refractivity contribution is 0.459. The lowest BCUT2D eigenvalue weighted by Gasteiger charge is -2.22. The number of aromatic nitrogens is 2. The van der Waals surface area contributed by atoms with Crippen molar-refractivity contribution < 1.29 is 0 Å². The molecule has 2 rings (SSSR count). The summed E-state index contributed by atoms with van der Waals surface area (Å²) >= 11 is 5.94. The molecular weight excluding hydrogens is 174 g/mol. The zero-order chi connectivity index (χ0) is 8.55. The van der Waals surface area contributed by atoms with Crippen LogP contribution in [0.3, 0.4) is 0 Å². The first-order chi connectivity index (χ1) is 5.83. The molecule has 0 radical (unpaired) electrons. The zero-order valence-electron chi connectivity index (χ0n) is 6.83. The molecule has 4 heteroatoms. The molecule has 3 nitrogen and oxygen atoms in total. The van der Waals surface area contributed by atoms with Crippen LogP contribution in [-0.2, 0) is 6.54 Å². The Morgan fingerprint density at radius 1 is 1.75 bits per heavy atom. The van der Waals surface area contributed by atoms with Gasteiger partial charge in [-0.1, -0.05) is 11.6 Å². The van der Waals surface area contributed by atoms with Crippen LogP contribution in [0.4, 0.5) is 0 Å². The lowest BCUT2D eigenvalue weighted by Crippen LogP contribution is -2.21. The largest absolute Gasteiger partial charge is 0.333 e. The summed E-state index contributed by atoms with van der Waals surface area (Å²) in [6.07, 6.45) is 4.13. The molecule has 0 spiro atoms. The van der Waals surface area contributed by atoms with Gasteiger partial charge in [-0.15, -0.1) is 0 Å². The predicted octanol–water partition coefficient (Wildman–Crippen LogP) is 1.37. The Balaban J connectivity index is 2.41. The van der Waals surface area contributed by atoms with Crippen molar-refractivity contribution >= 4 is 11.6 Å². The summed E-state index contributed by atoms with van der Waals surface area (Å²) in [5, 5.41) is 0.630. The molecule has 12 heavy (non-hydrogen) atoms. The second kappa shape index (κ2) is 3.07. The third kappa shape index (κ3) is 1.13. The van der Waals surface area contributed by atoms with Crippen molar-refractivity contribution in [1.82, 2.24) is 9.55 Å². The summed E-state index contributed by atoms with van der Waals surface area (Å²) in [4.78, 5) is 4.07. The molecule has 0 amide bonds. The summed E-state index contributed by atoms with van der Waals surface area (Å²) in [5.41, 5.74) is 6.78. The third-order valence-corrected chi connectivity index (χ3v) is 2.75. The van der Waals surface area contributed by atoms with Crippen molar-refractivity contribution in [1.29, 1.82) is 0 Å². The smallest absolute Gasteiger partial charge is 0.150 e. The fourth-order valence-electron chi connectivity index (χ4n) is 1.82. The first-order valence-corrected chi connectivity index (χ1v) is 4.61. The van der Waals surface area contributed by atoms with Crippen LogP contribution >= 0.6 is 11.6 Å². The van der Waals surface area contributed by atoms with Crippen LogP contribution in [0.25, 0.3) is 0 Å². The molecule has 0 saturated carbocycles. The van der Waals surface area contributed by atoms with Crippen molar-refractivity contribution in [2.75, 3.05) is 6.54 Å². The van der Waals surface area contributed by atoms with E-state index in [4.69, 9.17) is 17.3 Å². The number of fused-ring (bicyclic) bond motifs is 1. The Hall–Kier alpha value is -0.540. The Morgan fingerprint density at radius 2 is 2.58 bits per heavy atom. The normalized spacial score (nSPS) is 22.3. The van der Waals surface area contributed by atoms with Gasteiger partial charge in [-0.2, -0.15) is 0 Å². The minimum atomic E-state index is 0.411. The standard InChI is InChI=1S/C8H12ClN3/c9-8-7-6(4-10)2-1-3-12(7)5-11-8/h5-6H,1-4,10H2. The Kier molecular flexibility index (Phi) is 2.07. The maximum Gasteiger partial charge on any atom is 0.150 e. The van der Waals surface area contributed by atoms with E-state index in [0.717, 1.165) is 18.7 Å². The molecule has 66 valence electrons. The molecule has 2 heterocycles. The van der Waals surface area contributed by atoms with Crippen LogP contribution in [0.1, 0.15) is 24.5 Å². The highest BCUT2D eigenvalue weighted by atomic mass is 35.5.